The Morgan fingerprint density at radius 3 is 2.95 bits per heavy atom. The lowest BCUT2D eigenvalue weighted by Crippen LogP contribution is -2.40. The normalized spacial score (nSPS) is 16.8. The van der Waals surface area contributed by atoms with Gasteiger partial charge in [-0.1, -0.05) is 12.1 Å². The molecule has 104 valence electrons. The van der Waals surface area contributed by atoms with Crippen LogP contribution in [0.25, 0.3) is 0 Å². The lowest BCUT2D eigenvalue weighted by Gasteiger charge is -2.26. The molecule has 2 aromatic rings. The molecule has 1 atom stereocenters. The summed E-state index contributed by atoms with van der Waals surface area (Å²) in [6, 6.07) is 9.22. The van der Waals surface area contributed by atoms with Gasteiger partial charge < -0.3 is 19.8 Å². The number of fused-ring (bicyclic) bond motifs is 1. The first-order chi connectivity index (χ1) is 9.72. The van der Waals surface area contributed by atoms with Gasteiger partial charge in [0.05, 0.1) is 6.54 Å². The second-order valence-electron chi connectivity index (χ2n) is 4.44. The molecule has 1 amide bonds. The number of ether oxygens (including phenoxy) is 2. The Labute approximate surface area is 124 Å². The van der Waals surface area contributed by atoms with Crippen LogP contribution < -0.4 is 14.8 Å². The zero-order chi connectivity index (χ0) is 13.9. The van der Waals surface area contributed by atoms with Crippen molar-refractivity contribution in [3.8, 4) is 11.5 Å². The smallest absolute Gasteiger partial charge is 0.267 e. The number of halogens is 1. The molecule has 0 bridgehead atoms. The molecule has 3 rings (SSSR count). The van der Waals surface area contributed by atoms with Crippen LogP contribution in [-0.2, 0) is 0 Å². The van der Waals surface area contributed by atoms with Gasteiger partial charge in [-0.2, -0.15) is 0 Å². The quantitative estimate of drug-likeness (QED) is 0.904. The molecule has 20 heavy (non-hydrogen) atoms. The summed E-state index contributed by atoms with van der Waals surface area (Å²) in [4.78, 5) is 14.8. The van der Waals surface area contributed by atoms with Gasteiger partial charge in [0.2, 0.25) is 0 Å². The Morgan fingerprint density at radius 1 is 1.40 bits per heavy atom. The van der Waals surface area contributed by atoms with Gasteiger partial charge >= 0.3 is 0 Å². The van der Waals surface area contributed by atoms with Gasteiger partial charge in [0.25, 0.3) is 5.91 Å². The van der Waals surface area contributed by atoms with Gasteiger partial charge in [-0.3, -0.25) is 4.79 Å². The van der Waals surface area contributed by atoms with Gasteiger partial charge in [-0.05, 0) is 34.1 Å². The minimum absolute atomic E-state index is 0.168. The van der Waals surface area contributed by atoms with Crippen molar-refractivity contribution < 1.29 is 14.3 Å². The first-order valence-electron chi connectivity index (χ1n) is 6.23. The predicted molar refractivity (Wildman–Crippen MR) is 77.2 cm³/mol. The van der Waals surface area contributed by atoms with E-state index in [-0.39, 0.29) is 12.0 Å². The van der Waals surface area contributed by atoms with Crippen molar-refractivity contribution in [1.82, 2.24) is 10.3 Å². The Kier molecular flexibility index (Phi) is 3.64. The summed E-state index contributed by atoms with van der Waals surface area (Å²) in [5.74, 6) is 1.28. The molecule has 0 fully saturated rings. The lowest BCUT2D eigenvalue weighted by molar-refractivity contribution is 0.0786. The van der Waals surface area contributed by atoms with E-state index in [1.54, 1.807) is 12.3 Å². The molecule has 0 spiro atoms. The SMILES string of the molecule is O=C(NC[C@@H]1COc2ccccc2O1)c1cc(Br)c[nH]1. The molecule has 1 aliphatic rings. The summed E-state index contributed by atoms with van der Waals surface area (Å²) in [7, 11) is 0. The van der Waals surface area contributed by atoms with Crippen molar-refractivity contribution >= 4 is 21.8 Å². The maximum Gasteiger partial charge on any atom is 0.267 e. The molecular formula is C14H13BrN2O3. The zero-order valence-corrected chi connectivity index (χ0v) is 12.1. The number of rotatable bonds is 3. The van der Waals surface area contributed by atoms with Crippen LogP contribution in [-0.4, -0.2) is 30.1 Å². The van der Waals surface area contributed by atoms with Crippen LogP contribution in [0.1, 0.15) is 10.5 Å². The molecule has 1 aromatic heterocycles. The highest BCUT2D eigenvalue weighted by Gasteiger charge is 2.21. The summed E-state index contributed by atoms with van der Waals surface area (Å²) in [6.07, 6.45) is 1.53. The van der Waals surface area contributed by atoms with Crippen LogP contribution in [0, 0.1) is 0 Å². The molecule has 1 aliphatic heterocycles. The number of carbonyl (C=O) groups is 1. The van der Waals surface area contributed by atoms with Crippen LogP contribution in [0.3, 0.4) is 0 Å². The number of hydrogen-bond donors (Lipinski definition) is 2. The molecule has 1 aromatic carbocycles. The molecule has 2 heterocycles. The average molecular weight is 337 g/mol. The van der Waals surface area contributed by atoms with E-state index in [0.29, 0.717) is 24.6 Å². The number of benzene rings is 1. The first kappa shape index (κ1) is 13.1. The van der Waals surface area contributed by atoms with Crippen molar-refractivity contribution in [2.75, 3.05) is 13.2 Å². The number of carbonyl (C=O) groups excluding carboxylic acids is 1. The fraction of sp³-hybridized carbons (Fsp3) is 0.214. The number of amides is 1. The van der Waals surface area contributed by atoms with Gasteiger partial charge in [0, 0.05) is 10.7 Å². The first-order valence-corrected chi connectivity index (χ1v) is 7.02. The van der Waals surface area contributed by atoms with E-state index in [1.807, 2.05) is 24.3 Å². The minimum Gasteiger partial charge on any atom is -0.486 e. The second kappa shape index (κ2) is 5.58. The molecular weight excluding hydrogens is 324 g/mol. The van der Waals surface area contributed by atoms with Crippen molar-refractivity contribution in [3.63, 3.8) is 0 Å². The van der Waals surface area contributed by atoms with Gasteiger partial charge in [0.15, 0.2) is 11.5 Å². The third kappa shape index (κ3) is 2.80. The molecule has 5 nitrogen and oxygen atoms in total. The predicted octanol–water partition coefficient (Wildman–Crippen LogP) is 2.35. The Morgan fingerprint density at radius 2 is 2.20 bits per heavy atom. The molecule has 0 aliphatic carbocycles. The number of H-pyrrole nitrogens is 1. The zero-order valence-electron chi connectivity index (χ0n) is 10.6. The monoisotopic (exact) mass is 336 g/mol. The average Bonchev–Trinajstić information content (AvgIpc) is 2.91. The second-order valence-corrected chi connectivity index (χ2v) is 5.35. The summed E-state index contributed by atoms with van der Waals surface area (Å²) < 4.78 is 12.2. The summed E-state index contributed by atoms with van der Waals surface area (Å²) in [5, 5.41) is 2.82. The maximum atomic E-state index is 11.9. The topological polar surface area (TPSA) is 63.4 Å². The standard InChI is InChI=1S/C14H13BrN2O3/c15-9-5-11(16-6-9)14(18)17-7-10-8-19-12-3-1-2-4-13(12)20-10/h1-6,10,16H,7-8H2,(H,17,18)/t10-/m1/s1. The largest absolute Gasteiger partial charge is 0.486 e. The van der Waals surface area contributed by atoms with Crippen molar-refractivity contribution in [2.24, 2.45) is 0 Å². The van der Waals surface area contributed by atoms with Crippen LogP contribution in [0.5, 0.6) is 11.5 Å². The molecule has 0 saturated carbocycles. The summed E-state index contributed by atoms with van der Waals surface area (Å²) in [6.45, 7) is 0.815. The highest BCUT2D eigenvalue weighted by molar-refractivity contribution is 9.10. The van der Waals surface area contributed by atoms with E-state index in [1.165, 1.54) is 0 Å². The molecule has 2 N–H and O–H groups in total. The molecule has 0 unspecified atom stereocenters. The van der Waals surface area contributed by atoms with Gasteiger partial charge in [0.1, 0.15) is 18.4 Å². The van der Waals surface area contributed by atoms with Crippen LogP contribution >= 0.6 is 15.9 Å². The number of aromatic nitrogens is 1. The van der Waals surface area contributed by atoms with Gasteiger partial charge in [-0.25, -0.2) is 0 Å². The highest BCUT2D eigenvalue weighted by atomic mass is 79.9. The highest BCUT2D eigenvalue weighted by Crippen LogP contribution is 2.30. The minimum atomic E-state index is -0.188. The van der Waals surface area contributed by atoms with Crippen molar-refractivity contribution in [3.05, 3.63) is 46.7 Å². The Hall–Kier alpha value is -1.95. The van der Waals surface area contributed by atoms with Gasteiger partial charge in [-0.15, -0.1) is 0 Å². The fourth-order valence-electron chi connectivity index (χ4n) is 1.96. The summed E-state index contributed by atoms with van der Waals surface area (Å²) >= 11 is 3.29. The van der Waals surface area contributed by atoms with E-state index in [4.69, 9.17) is 9.47 Å². The number of hydrogen-bond acceptors (Lipinski definition) is 3. The van der Waals surface area contributed by atoms with Crippen LogP contribution in [0.15, 0.2) is 41.0 Å². The lowest BCUT2D eigenvalue weighted by atomic mass is 10.2. The van der Waals surface area contributed by atoms with E-state index in [2.05, 4.69) is 26.2 Å². The maximum absolute atomic E-state index is 11.9. The summed E-state index contributed by atoms with van der Waals surface area (Å²) in [5.41, 5.74) is 0.508. The fourth-order valence-corrected chi connectivity index (χ4v) is 2.31. The van der Waals surface area contributed by atoms with E-state index >= 15 is 0 Å². The molecule has 6 heteroatoms. The van der Waals surface area contributed by atoms with E-state index in [9.17, 15) is 4.79 Å². The van der Waals surface area contributed by atoms with E-state index in [0.717, 1.165) is 10.2 Å². The van der Waals surface area contributed by atoms with Crippen molar-refractivity contribution in [1.29, 1.82) is 0 Å². The third-order valence-corrected chi connectivity index (χ3v) is 3.41. The number of para-hydroxylation sites is 2. The Balaban J connectivity index is 1.56. The number of nitrogens with one attached hydrogen (secondary N) is 2. The third-order valence-electron chi connectivity index (χ3n) is 2.95. The van der Waals surface area contributed by atoms with E-state index < -0.39 is 0 Å². The number of aromatic amines is 1. The Bertz CT molecular complexity index is 626. The van der Waals surface area contributed by atoms with Crippen molar-refractivity contribution in [2.45, 2.75) is 6.10 Å². The van der Waals surface area contributed by atoms with Crippen LogP contribution in [0.2, 0.25) is 0 Å². The molecule has 0 radical (unpaired) electrons. The molecule has 0 saturated heterocycles. The van der Waals surface area contributed by atoms with Crippen LogP contribution in [0.4, 0.5) is 0 Å².